The number of ether oxygens (including phenoxy) is 1. The molecular weight excluding hydrogens is 307 g/mol. The Morgan fingerprint density at radius 1 is 1.53 bits per heavy atom. The van der Waals surface area contributed by atoms with Gasteiger partial charge in [0.1, 0.15) is 5.82 Å². The van der Waals surface area contributed by atoms with Gasteiger partial charge in [0.25, 0.3) is 0 Å². The van der Waals surface area contributed by atoms with Crippen LogP contribution in [0.5, 0.6) is 0 Å². The van der Waals surface area contributed by atoms with Crippen molar-refractivity contribution in [1.82, 2.24) is 9.55 Å². The Bertz CT molecular complexity index is 630. The van der Waals surface area contributed by atoms with E-state index < -0.39 is 0 Å². The lowest BCUT2D eigenvalue weighted by molar-refractivity contribution is 0.187. The predicted molar refractivity (Wildman–Crippen MR) is 69.3 cm³/mol. The van der Waals surface area contributed by atoms with E-state index in [4.69, 9.17) is 17.0 Å². The Morgan fingerprint density at radius 2 is 2.35 bits per heavy atom. The fourth-order valence-electron chi connectivity index (χ4n) is 2.21. The molecule has 1 saturated heterocycles. The number of benzene rings is 1. The van der Waals surface area contributed by atoms with Crippen molar-refractivity contribution >= 4 is 39.2 Å². The van der Waals surface area contributed by atoms with E-state index >= 15 is 0 Å². The van der Waals surface area contributed by atoms with Crippen LogP contribution in [0.25, 0.3) is 11.0 Å². The molecule has 1 aromatic heterocycles. The lowest BCUT2D eigenvalue weighted by atomic mass is 10.2. The van der Waals surface area contributed by atoms with Gasteiger partial charge in [-0.15, -0.1) is 0 Å². The molecule has 0 aliphatic carbocycles. The third-order valence-corrected chi connectivity index (χ3v) is 3.94. The third kappa shape index (κ3) is 1.84. The maximum Gasteiger partial charge on any atom is 0.178 e. The molecule has 3 nitrogen and oxygen atoms in total. The van der Waals surface area contributed by atoms with Gasteiger partial charge < -0.3 is 14.3 Å². The van der Waals surface area contributed by atoms with Gasteiger partial charge in [0.15, 0.2) is 4.77 Å². The van der Waals surface area contributed by atoms with Gasteiger partial charge in [0.05, 0.1) is 28.2 Å². The van der Waals surface area contributed by atoms with Crippen LogP contribution in [0.1, 0.15) is 12.5 Å². The maximum atomic E-state index is 13.4. The fraction of sp³-hybridized carbons (Fsp3) is 0.364. The molecule has 2 heterocycles. The molecule has 0 radical (unpaired) electrons. The predicted octanol–water partition coefficient (Wildman–Crippen LogP) is 3.56. The van der Waals surface area contributed by atoms with E-state index in [0.717, 1.165) is 24.1 Å². The van der Waals surface area contributed by atoms with E-state index in [-0.39, 0.29) is 11.9 Å². The molecule has 0 spiro atoms. The molecule has 1 aliphatic rings. The van der Waals surface area contributed by atoms with Gasteiger partial charge in [0.2, 0.25) is 0 Å². The van der Waals surface area contributed by atoms with Crippen molar-refractivity contribution in [3.05, 3.63) is 27.2 Å². The summed E-state index contributed by atoms with van der Waals surface area (Å²) in [7, 11) is 0. The molecule has 17 heavy (non-hydrogen) atoms. The van der Waals surface area contributed by atoms with Gasteiger partial charge in [-0.1, -0.05) is 0 Å². The number of H-pyrrole nitrogens is 1. The standard InChI is InChI=1S/C11H10BrFN2OS/c12-7-3-10-9(4-8(7)13)14-11(17)15(10)6-1-2-16-5-6/h3-4,6H,1-2,5H2,(H,14,17). The number of aromatic amines is 1. The van der Waals surface area contributed by atoms with Gasteiger partial charge in [-0.3, -0.25) is 0 Å². The number of imidazole rings is 1. The highest BCUT2D eigenvalue weighted by molar-refractivity contribution is 9.10. The van der Waals surface area contributed by atoms with Crippen molar-refractivity contribution in [3.8, 4) is 0 Å². The van der Waals surface area contributed by atoms with Crippen molar-refractivity contribution in [2.24, 2.45) is 0 Å². The zero-order valence-corrected chi connectivity index (χ0v) is 11.3. The third-order valence-electron chi connectivity index (χ3n) is 3.03. The molecule has 1 unspecified atom stereocenters. The number of nitrogens with zero attached hydrogens (tertiary/aromatic N) is 1. The quantitative estimate of drug-likeness (QED) is 0.815. The van der Waals surface area contributed by atoms with E-state index in [1.54, 1.807) is 6.07 Å². The van der Waals surface area contributed by atoms with E-state index in [9.17, 15) is 4.39 Å². The second-order valence-corrected chi connectivity index (χ2v) is 5.34. The minimum Gasteiger partial charge on any atom is -0.379 e. The summed E-state index contributed by atoms with van der Waals surface area (Å²) in [6.07, 6.45) is 0.941. The molecule has 2 aromatic rings. The van der Waals surface area contributed by atoms with Crippen molar-refractivity contribution in [1.29, 1.82) is 0 Å². The molecule has 1 atom stereocenters. The monoisotopic (exact) mass is 316 g/mol. The normalized spacial score (nSPS) is 20.2. The molecule has 90 valence electrons. The Kier molecular flexibility index (Phi) is 2.80. The largest absolute Gasteiger partial charge is 0.379 e. The smallest absolute Gasteiger partial charge is 0.178 e. The molecule has 1 aromatic carbocycles. The molecular formula is C11H10BrFN2OS. The van der Waals surface area contributed by atoms with Gasteiger partial charge in [0, 0.05) is 12.7 Å². The minimum absolute atomic E-state index is 0.244. The number of fused-ring (bicyclic) bond motifs is 1. The summed E-state index contributed by atoms with van der Waals surface area (Å²) in [5.74, 6) is -0.288. The average molecular weight is 317 g/mol. The van der Waals surface area contributed by atoms with Gasteiger partial charge in [-0.2, -0.15) is 0 Å². The van der Waals surface area contributed by atoms with E-state index in [1.807, 2.05) is 4.57 Å². The summed E-state index contributed by atoms with van der Waals surface area (Å²) in [5, 5.41) is 0. The first kappa shape index (κ1) is 11.4. The second kappa shape index (κ2) is 4.19. The molecule has 0 saturated carbocycles. The lowest BCUT2D eigenvalue weighted by Gasteiger charge is -2.11. The van der Waals surface area contributed by atoms with Crippen LogP contribution >= 0.6 is 28.1 Å². The summed E-state index contributed by atoms with van der Waals surface area (Å²) in [5.41, 5.74) is 1.64. The first-order valence-corrected chi connectivity index (χ1v) is 6.54. The zero-order chi connectivity index (χ0) is 12.0. The van der Waals surface area contributed by atoms with Crippen LogP contribution in [-0.2, 0) is 4.74 Å². The number of hydrogen-bond acceptors (Lipinski definition) is 2. The van der Waals surface area contributed by atoms with Crippen LogP contribution < -0.4 is 0 Å². The number of nitrogens with one attached hydrogen (secondary N) is 1. The summed E-state index contributed by atoms with van der Waals surface area (Å²) in [4.78, 5) is 3.03. The maximum absolute atomic E-state index is 13.4. The van der Waals surface area contributed by atoms with Crippen molar-refractivity contribution < 1.29 is 9.13 Å². The van der Waals surface area contributed by atoms with Crippen LogP contribution in [0.3, 0.4) is 0 Å². The average Bonchev–Trinajstić information content (AvgIpc) is 2.86. The summed E-state index contributed by atoms with van der Waals surface area (Å²) in [6, 6.07) is 3.46. The summed E-state index contributed by atoms with van der Waals surface area (Å²) < 4.78 is 21.9. The van der Waals surface area contributed by atoms with Crippen molar-refractivity contribution in [2.45, 2.75) is 12.5 Å². The topological polar surface area (TPSA) is 29.9 Å². The molecule has 1 N–H and O–H groups in total. The first-order chi connectivity index (χ1) is 8.16. The number of halogens is 2. The summed E-state index contributed by atoms with van der Waals surface area (Å²) in [6.45, 7) is 1.41. The van der Waals surface area contributed by atoms with Gasteiger partial charge in [-0.25, -0.2) is 4.39 Å². The fourth-order valence-corrected chi connectivity index (χ4v) is 2.90. The lowest BCUT2D eigenvalue weighted by Crippen LogP contribution is -2.08. The highest BCUT2D eigenvalue weighted by atomic mass is 79.9. The van der Waals surface area contributed by atoms with Crippen LogP contribution in [0.2, 0.25) is 0 Å². The van der Waals surface area contributed by atoms with Crippen LogP contribution in [0, 0.1) is 10.6 Å². The Morgan fingerprint density at radius 3 is 3.06 bits per heavy atom. The second-order valence-electron chi connectivity index (χ2n) is 4.10. The Balaban J connectivity index is 2.26. The van der Waals surface area contributed by atoms with Crippen molar-refractivity contribution in [2.75, 3.05) is 13.2 Å². The molecule has 1 fully saturated rings. The van der Waals surface area contributed by atoms with E-state index in [2.05, 4.69) is 20.9 Å². The number of aromatic nitrogens is 2. The Hall–Kier alpha value is -0.720. The molecule has 0 bridgehead atoms. The van der Waals surface area contributed by atoms with Crippen molar-refractivity contribution in [3.63, 3.8) is 0 Å². The SMILES string of the molecule is Fc1cc2[nH]c(=S)n(C3CCOC3)c2cc1Br. The van der Waals surface area contributed by atoms with Crippen LogP contribution in [0.4, 0.5) is 4.39 Å². The molecule has 6 heteroatoms. The van der Waals surface area contributed by atoms with E-state index in [1.165, 1.54) is 6.07 Å². The highest BCUT2D eigenvalue weighted by Crippen LogP contribution is 2.28. The highest BCUT2D eigenvalue weighted by Gasteiger charge is 2.21. The van der Waals surface area contributed by atoms with Crippen LogP contribution in [0.15, 0.2) is 16.6 Å². The van der Waals surface area contributed by atoms with Crippen LogP contribution in [-0.4, -0.2) is 22.8 Å². The zero-order valence-electron chi connectivity index (χ0n) is 8.87. The number of rotatable bonds is 1. The molecule has 1 aliphatic heterocycles. The molecule has 0 amide bonds. The summed E-state index contributed by atoms with van der Waals surface area (Å²) >= 11 is 8.49. The minimum atomic E-state index is -0.288. The number of hydrogen-bond donors (Lipinski definition) is 1. The van der Waals surface area contributed by atoms with Gasteiger partial charge >= 0.3 is 0 Å². The van der Waals surface area contributed by atoms with Gasteiger partial charge in [-0.05, 0) is 40.6 Å². The first-order valence-electron chi connectivity index (χ1n) is 5.34. The Labute approximate surface area is 111 Å². The van der Waals surface area contributed by atoms with E-state index in [0.29, 0.717) is 15.9 Å². The molecule has 3 rings (SSSR count).